The minimum atomic E-state index is -3.97. The first-order valence-corrected chi connectivity index (χ1v) is 18.4. The highest BCUT2D eigenvalue weighted by atomic mass is 35.5. The van der Waals surface area contributed by atoms with Crippen LogP contribution >= 0.6 is 11.6 Å². The number of ether oxygens (including phenoxy) is 3. The number of halogens is 1. The Bertz CT molecular complexity index is 1600. The smallest absolute Gasteiger partial charge is 0.335 e. The van der Waals surface area contributed by atoms with Gasteiger partial charge in [-0.2, -0.15) is 0 Å². The van der Waals surface area contributed by atoms with E-state index < -0.39 is 27.3 Å². The minimum absolute atomic E-state index is 0.175. The lowest BCUT2D eigenvalue weighted by atomic mass is 9.70. The molecule has 6 atom stereocenters. The molecule has 11 heteroatoms. The predicted octanol–water partition coefficient (Wildman–Crippen LogP) is 5.83. The van der Waals surface area contributed by atoms with Crippen molar-refractivity contribution in [2.24, 2.45) is 17.8 Å². The number of allylic oxidation sites excluding steroid dienone is 1. The van der Waals surface area contributed by atoms with Crippen molar-refractivity contribution in [3.05, 3.63) is 70.3 Å². The van der Waals surface area contributed by atoms with Crippen LogP contribution in [0.2, 0.25) is 5.02 Å². The van der Waals surface area contributed by atoms with E-state index in [1.807, 2.05) is 37.3 Å². The second-order valence-electron chi connectivity index (χ2n) is 13.2. The fourth-order valence-electron chi connectivity index (χ4n) is 6.90. The van der Waals surface area contributed by atoms with Crippen molar-refractivity contribution in [2.75, 3.05) is 24.6 Å². The van der Waals surface area contributed by atoms with Gasteiger partial charge >= 0.3 is 5.97 Å². The molecule has 2 fully saturated rings. The highest BCUT2D eigenvalue weighted by molar-refractivity contribution is 7.90. The molecule has 1 N–H and O–H groups in total. The molecular formula is C35H43ClN2O7S. The van der Waals surface area contributed by atoms with Crippen molar-refractivity contribution in [2.45, 2.75) is 82.9 Å². The van der Waals surface area contributed by atoms with Crippen LogP contribution in [0, 0.1) is 17.8 Å². The van der Waals surface area contributed by atoms with Crippen molar-refractivity contribution in [1.29, 1.82) is 0 Å². The molecule has 248 valence electrons. The Morgan fingerprint density at radius 1 is 1.00 bits per heavy atom. The van der Waals surface area contributed by atoms with Gasteiger partial charge in [-0.3, -0.25) is 4.79 Å². The zero-order chi connectivity index (χ0) is 32.4. The van der Waals surface area contributed by atoms with E-state index >= 15 is 0 Å². The number of sulfonamides is 1. The molecule has 2 aromatic rings. The molecule has 0 spiro atoms. The van der Waals surface area contributed by atoms with E-state index in [2.05, 4.69) is 9.62 Å². The minimum Gasteiger partial charge on any atom is -0.487 e. The number of fused-ring (bicyclic) bond motifs is 3. The van der Waals surface area contributed by atoms with E-state index in [0.29, 0.717) is 43.4 Å². The highest BCUT2D eigenvalue weighted by Crippen LogP contribution is 2.42. The van der Waals surface area contributed by atoms with Gasteiger partial charge in [0.1, 0.15) is 12.4 Å². The van der Waals surface area contributed by atoms with Gasteiger partial charge in [-0.15, -0.1) is 0 Å². The van der Waals surface area contributed by atoms with Crippen LogP contribution in [0.15, 0.2) is 48.6 Å². The molecule has 1 saturated carbocycles. The normalized spacial score (nSPS) is 30.7. The van der Waals surface area contributed by atoms with Crippen LogP contribution < -0.4 is 14.4 Å². The van der Waals surface area contributed by atoms with Gasteiger partial charge in [-0.1, -0.05) is 36.7 Å². The summed E-state index contributed by atoms with van der Waals surface area (Å²) in [5, 5.41) is -0.120. The molecular weight excluding hydrogens is 628 g/mol. The van der Waals surface area contributed by atoms with Gasteiger partial charge in [-0.05, 0) is 105 Å². The summed E-state index contributed by atoms with van der Waals surface area (Å²) in [6.45, 7) is 5.61. The number of benzene rings is 2. The van der Waals surface area contributed by atoms with E-state index in [4.69, 9.17) is 25.8 Å². The first kappa shape index (κ1) is 32.8. The second-order valence-corrected chi connectivity index (χ2v) is 15.6. The SMILES string of the molecule is C[C@@H]1[C@@H](C)C/C=C/[C@H](O[C@H]2CCOC2=O)[C@@H]2CC[C@H]2CN2CCCCc3cc(Cl)ccc3COc3ccc(cc32)C(=O)NS1(=O)=O. The number of anilines is 1. The van der Waals surface area contributed by atoms with E-state index in [9.17, 15) is 18.0 Å². The number of carbonyl (C=O) groups is 2. The number of nitrogens with zero attached hydrogens (tertiary/aromatic N) is 1. The number of cyclic esters (lactones) is 1. The molecule has 6 rings (SSSR count). The average molecular weight is 671 g/mol. The average Bonchev–Trinajstić information content (AvgIpc) is 3.40. The fourth-order valence-corrected chi connectivity index (χ4v) is 8.38. The van der Waals surface area contributed by atoms with Crippen LogP contribution in [0.1, 0.15) is 73.9 Å². The maximum atomic E-state index is 13.4. The predicted molar refractivity (Wildman–Crippen MR) is 177 cm³/mol. The van der Waals surface area contributed by atoms with Gasteiger partial charge in [0, 0.05) is 30.1 Å². The Hall–Kier alpha value is -3.08. The zero-order valence-electron chi connectivity index (χ0n) is 26.5. The fraction of sp³-hybridized carbons (Fsp3) is 0.543. The lowest BCUT2D eigenvalue weighted by Gasteiger charge is -2.44. The summed E-state index contributed by atoms with van der Waals surface area (Å²) in [6.07, 6.45) is 8.77. The molecule has 1 aliphatic carbocycles. The monoisotopic (exact) mass is 670 g/mol. The van der Waals surface area contributed by atoms with Gasteiger partial charge in [0.2, 0.25) is 10.0 Å². The number of amides is 1. The third-order valence-electron chi connectivity index (χ3n) is 10.2. The van der Waals surface area contributed by atoms with E-state index in [1.54, 1.807) is 25.1 Å². The molecule has 3 aliphatic heterocycles. The third kappa shape index (κ3) is 7.24. The first-order chi connectivity index (χ1) is 22.1. The summed E-state index contributed by atoms with van der Waals surface area (Å²) in [5.74, 6) is -0.163. The Kier molecular flexibility index (Phi) is 9.96. The van der Waals surface area contributed by atoms with Crippen LogP contribution in [0.5, 0.6) is 5.75 Å². The standard InChI is InChI=1S/C35H43ClN2O7S/c1-22-6-5-8-31(45-33-15-17-43-35(33)40)29-13-10-26(29)20-38-16-4-3-7-24-18-28(36)12-9-27(24)21-44-32-14-11-25(19-30(32)38)34(39)37-46(41,42)23(22)2/h5,8-9,11-12,14,18-19,22-23,26,29,31,33H,3-4,6-7,10,13,15-17,20-21H2,1-2H3,(H,37,39)/b8-5+/t22-,23+,26-,29+,31-,33-/m0/s1. The summed E-state index contributed by atoms with van der Waals surface area (Å²) in [7, 11) is -3.97. The number of nitrogens with one attached hydrogen (secondary N) is 1. The second kappa shape index (κ2) is 14.0. The number of hydrogen-bond donors (Lipinski definition) is 1. The molecule has 46 heavy (non-hydrogen) atoms. The molecule has 0 radical (unpaired) electrons. The summed E-state index contributed by atoms with van der Waals surface area (Å²) in [6, 6.07) is 11.0. The van der Waals surface area contributed by atoms with Crippen molar-refractivity contribution >= 4 is 39.2 Å². The van der Waals surface area contributed by atoms with Crippen molar-refractivity contribution in [3.8, 4) is 5.75 Å². The molecule has 9 nitrogen and oxygen atoms in total. The lowest BCUT2D eigenvalue weighted by molar-refractivity contribution is -0.152. The molecule has 1 amide bonds. The van der Waals surface area contributed by atoms with E-state index in [-0.39, 0.29) is 35.4 Å². The Morgan fingerprint density at radius 3 is 2.61 bits per heavy atom. The molecule has 2 aromatic carbocycles. The molecule has 0 aromatic heterocycles. The van der Waals surface area contributed by atoms with E-state index in [1.165, 1.54) is 0 Å². The van der Waals surface area contributed by atoms with Gasteiger partial charge in [-0.25, -0.2) is 17.9 Å². The number of carbonyl (C=O) groups excluding carboxylic acids is 2. The first-order valence-electron chi connectivity index (χ1n) is 16.4. The maximum Gasteiger partial charge on any atom is 0.335 e. The van der Waals surface area contributed by atoms with Crippen LogP contribution in [-0.4, -0.2) is 57.4 Å². The van der Waals surface area contributed by atoms with Crippen molar-refractivity contribution < 1.29 is 32.2 Å². The topological polar surface area (TPSA) is 111 Å². The third-order valence-corrected chi connectivity index (χ3v) is 12.3. The zero-order valence-corrected chi connectivity index (χ0v) is 28.0. The summed E-state index contributed by atoms with van der Waals surface area (Å²) in [5.41, 5.74) is 3.24. The molecule has 3 heterocycles. The quantitative estimate of drug-likeness (QED) is 0.314. The molecule has 2 bridgehead atoms. The highest BCUT2D eigenvalue weighted by Gasteiger charge is 2.41. The van der Waals surface area contributed by atoms with Crippen LogP contribution in [-0.2, 0) is 37.3 Å². The lowest BCUT2D eigenvalue weighted by Crippen LogP contribution is -2.45. The Balaban J connectivity index is 1.37. The summed E-state index contributed by atoms with van der Waals surface area (Å²) >= 11 is 6.34. The van der Waals surface area contributed by atoms with Crippen LogP contribution in [0.3, 0.4) is 0 Å². The summed E-state index contributed by atoms with van der Waals surface area (Å²) in [4.78, 5) is 28.1. The number of aryl methyl sites for hydroxylation is 1. The Labute approximate surface area is 276 Å². The van der Waals surface area contributed by atoms with Crippen LogP contribution in [0.4, 0.5) is 5.69 Å². The molecule has 0 unspecified atom stereocenters. The van der Waals surface area contributed by atoms with Gasteiger partial charge in [0.25, 0.3) is 5.91 Å². The van der Waals surface area contributed by atoms with Gasteiger partial charge in [0.15, 0.2) is 6.10 Å². The Morgan fingerprint density at radius 2 is 1.85 bits per heavy atom. The van der Waals surface area contributed by atoms with Crippen molar-refractivity contribution in [3.63, 3.8) is 0 Å². The van der Waals surface area contributed by atoms with E-state index in [0.717, 1.165) is 55.5 Å². The molecule has 4 aliphatic rings. The largest absolute Gasteiger partial charge is 0.487 e. The van der Waals surface area contributed by atoms with Crippen molar-refractivity contribution in [1.82, 2.24) is 4.72 Å². The number of rotatable bonds is 2. The summed E-state index contributed by atoms with van der Waals surface area (Å²) < 4.78 is 47.0. The van der Waals surface area contributed by atoms with Gasteiger partial charge < -0.3 is 19.1 Å². The molecule has 1 saturated heterocycles. The van der Waals surface area contributed by atoms with Gasteiger partial charge in [0.05, 0.1) is 23.6 Å². The van der Waals surface area contributed by atoms with Crippen LogP contribution in [0.25, 0.3) is 0 Å². The number of esters is 1. The maximum absolute atomic E-state index is 13.4. The number of hydrogen-bond acceptors (Lipinski definition) is 8.